The number of benzene rings is 1. The Hall–Kier alpha value is -2.62. The van der Waals surface area contributed by atoms with Crippen molar-refractivity contribution in [2.75, 3.05) is 6.54 Å². The van der Waals surface area contributed by atoms with Crippen molar-refractivity contribution in [2.24, 2.45) is 0 Å². The van der Waals surface area contributed by atoms with Crippen LogP contribution in [-0.2, 0) is 14.8 Å². The van der Waals surface area contributed by atoms with E-state index in [1.54, 1.807) is 23.8 Å². The van der Waals surface area contributed by atoms with Gasteiger partial charge in [0, 0.05) is 0 Å². The van der Waals surface area contributed by atoms with Crippen LogP contribution in [0.2, 0.25) is 0 Å². The van der Waals surface area contributed by atoms with E-state index in [0.717, 1.165) is 5.56 Å². The molecule has 3 N–H and O–H groups in total. The highest BCUT2D eigenvalue weighted by Crippen LogP contribution is 2.14. The van der Waals surface area contributed by atoms with Crippen molar-refractivity contribution < 1.29 is 27.9 Å². The van der Waals surface area contributed by atoms with E-state index in [2.05, 4.69) is 0 Å². The van der Waals surface area contributed by atoms with Gasteiger partial charge in [-0.25, -0.2) is 22.7 Å². The molecule has 1 unspecified atom stereocenters. The SMILES string of the molecule is Cc1ccc(S(=O)(=O)NC(=O)N2CC(NC(=O)O)C2=O)cc1. The number of likely N-dealkylation sites (tertiary alicyclic amines) is 1. The van der Waals surface area contributed by atoms with Gasteiger partial charge in [0.15, 0.2) is 0 Å². The Kier molecular flexibility index (Phi) is 4.04. The van der Waals surface area contributed by atoms with E-state index >= 15 is 0 Å². The average Bonchev–Trinajstić information content (AvgIpc) is 2.42. The number of sulfonamides is 1. The first-order valence-corrected chi connectivity index (χ1v) is 7.63. The molecule has 1 heterocycles. The molecule has 1 fully saturated rings. The highest BCUT2D eigenvalue weighted by molar-refractivity contribution is 7.90. The summed E-state index contributed by atoms with van der Waals surface area (Å²) in [6.45, 7) is 1.56. The van der Waals surface area contributed by atoms with E-state index in [1.807, 2.05) is 5.32 Å². The number of amides is 4. The maximum Gasteiger partial charge on any atom is 0.405 e. The molecule has 2 rings (SSSR count). The zero-order chi connectivity index (χ0) is 16.5. The molecule has 0 radical (unpaired) electrons. The van der Waals surface area contributed by atoms with E-state index in [-0.39, 0.29) is 11.4 Å². The summed E-state index contributed by atoms with van der Waals surface area (Å²) in [5.74, 6) is -0.806. The Labute approximate surface area is 126 Å². The number of hydrogen-bond donors (Lipinski definition) is 3. The summed E-state index contributed by atoms with van der Waals surface area (Å²) in [7, 11) is -4.09. The van der Waals surface area contributed by atoms with Crippen molar-refractivity contribution in [3.8, 4) is 0 Å². The minimum Gasteiger partial charge on any atom is -0.465 e. The number of carboxylic acid groups (broad SMARTS) is 1. The van der Waals surface area contributed by atoms with Crippen molar-refractivity contribution in [1.29, 1.82) is 0 Å². The molecular formula is C12H13N3O6S. The van der Waals surface area contributed by atoms with Gasteiger partial charge in [-0.1, -0.05) is 17.7 Å². The molecule has 1 aliphatic rings. The van der Waals surface area contributed by atoms with Crippen molar-refractivity contribution in [3.05, 3.63) is 29.8 Å². The average molecular weight is 327 g/mol. The van der Waals surface area contributed by atoms with E-state index in [4.69, 9.17) is 5.11 Å². The highest BCUT2D eigenvalue weighted by Gasteiger charge is 2.42. The van der Waals surface area contributed by atoms with Gasteiger partial charge >= 0.3 is 12.1 Å². The Bertz CT molecular complexity index is 728. The van der Waals surface area contributed by atoms with Crippen molar-refractivity contribution in [3.63, 3.8) is 0 Å². The molecule has 1 aromatic rings. The van der Waals surface area contributed by atoms with Crippen LogP contribution in [0.15, 0.2) is 29.2 Å². The second-order valence-corrected chi connectivity index (χ2v) is 6.36. The van der Waals surface area contributed by atoms with Crippen LogP contribution in [0, 0.1) is 6.92 Å². The molecule has 22 heavy (non-hydrogen) atoms. The fourth-order valence-electron chi connectivity index (χ4n) is 1.81. The number of carbonyl (C=O) groups excluding carboxylic acids is 2. The number of carbonyl (C=O) groups is 3. The minimum atomic E-state index is -4.09. The lowest BCUT2D eigenvalue weighted by Gasteiger charge is -2.35. The van der Waals surface area contributed by atoms with Crippen molar-refractivity contribution >= 4 is 28.1 Å². The second-order valence-electron chi connectivity index (χ2n) is 4.67. The van der Waals surface area contributed by atoms with Gasteiger partial charge in [0.05, 0.1) is 11.4 Å². The van der Waals surface area contributed by atoms with Crippen LogP contribution in [0.4, 0.5) is 9.59 Å². The maximum absolute atomic E-state index is 12.0. The molecule has 0 bridgehead atoms. The first-order chi connectivity index (χ1) is 10.2. The van der Waals surface area contributed by atoms with Gasteiger partial charge in [-0.05, 0) is 19.1 Å². The quantitative estimate of drug-likeness (QED) is 0.662. The number of aryl methyl sites for hydroxylation is 1. The minimum absolute atomic E-state index is 0.111. The summed E-state index contributed by atoms with van der Waals surface area (Å²) >= 11 is 0. The van der Waals surface area contributed by atoms with Crippen LogP contribution in [0.3, 0.4) is 0 Å². The molecule has 1 atom stereocenters. The number of hydrogen-bond acceptors (Lipinski definition) is 5. The molecule has 118 valence electrons. The van der Waals surface area contributed by atoms with Gasteiger partial charge in [-0.15, -0.1) is 0 Å². The largest absolute Gasteiger partial charge is 0.465 e. The first kappa shape index (κ1) is 15.8. The maximum atomic E-state index is 12.0. The Morgan fingerprint density at radius 1 is 1.27 bits per heavy atom. The van der Waals surface area contributed by atoms with E-state index < -0.39 is 34.1 Å². The van der Waals surface area contributed by atoms with Gasteiger partial charge in [0.1, 0.15) is 6.04 Å². The lowest BCUT2D eigenvalue weighted by atomic mass is 10.1. The molecule has 1 aliphatic heterocycles. The summed E-state index contributed by atoms with van der Waals surface area (Å²) < 4.78 is 25.7. The summed E-state index contributed by atoms with van der Waals surface area (Å²) in [4.78, 5) is 34.2. The smallest absolute Gasteiger partial charge is 0.405 e. The Balaban J connectivity index is 2.02. The molecule has 0 aromatic heterocycles. The number of β-lactam (4-membered cyclic amide) rings is 1. The summed E-state index contributed by atoms with van der Waals surface area (Å²) in [6.07, 6.45) is -1.40. The Morgan fingerprint density at radius 3 is 2.36 bits per heavy atom. The summed E-state index contributed by atoms with van der Waals surface area (Å²) in [5, 5.41) is 10.4. The van der Waals surface area contributed by atoms with Gasteiger partial charge in [0.25, 0.3) is 15.9 Å². The second kappa shape index (κ2) is 5.64. The number of imide groups is 1. The topological polar surface area (TPSA) is 133 Å². The van der Waals surface area contributed by atoms with Crippen molar-refractivity contribution in [1.82, 2.24) is 14.9 Å². The van der Waals surface area contributed by atoms with Crippen LogP contribution in [0.1, 0.15) is 5.56 Å². The van der Waals surface area contributed by atoms with E-state index in [0.29, 0.717) is 4.90 Å². The lowest BCUT2D eigenvalue weighted by molar-refractivity contribution is -0.138. The van der Waals surface area contributed by atoms with Crippen molar-refractivity contribution in [2.45, 2.75) is 17.9 Å². The first-order valence-electron chi connectivity index (χ1n) is 6.15. The Morgan fingerprint density at radius 2 is 1.86 bits per heavy atom. The molecular weight excluding hydrogens is 314 g/mol. The molecule has 4 amide bonds. The van der Waals surface area contributed by atoms with Gasteiger partial charge < -0.3 is 10.4 Å². The molecule has 10 heteroatoms. The van der Waals surface area contributed by atoms with Gasteiger partial charge in [-0.3, -0.25) is 9.69 Å². The standard InChI is InChI=1S/C12H13N3O6S/c1-7-2-4-8(5-3-7)22(20,21)14-11(17)15-6-9(10(15)16)13-12(18)19/h2-5,9,13H,6H2,1H3,(H,14,17)(H,18,19). The number of urea groups is 1. The highest BCUT2D eigenvalue weighted by atomic mass is 32.2. The zero-order valence-corrected chi connectivity index (χ0v) is 12.3. The summed E-state index contributed by atoms with van der Waals surface area (Å²) in [6, 6.07) is 3.65. The number of nitrogens with zero attached hydrogens (tertiary/aromatic N) is 1. The van der Waals surface area contributed by atoms with Crippen LogP contribution in [0.25, 0.3) is 0 Å². The normalized spacial score (nSPS) is 17.6. The van der Waals surface area contributed by atoms with Crippen LogP contribution in [-0.4, -0.2) is 49.0 Å². The number of rotatable bonds is 3. The van der Waals surface area contributed by atoms with Crippen LogP contribution >= 0.6 is 0 Å². The number of nitrogens with one attached hydrogen (secondary N) is 2. The molecule has 1 saturated heterocycles. The van der Waals surface area contributed by atoms with Crippen LogP contribution < -0.4 is 10.0 Å². The molecule has 0 saturated carbocycles. The fourth-order valence-corrected chi connectivity index (χ4v) is 2.76. The summed E-state index contributed by atoms with van der Waals surface area (Å²) in [5.41, 5.74) is 0.853. The predicted molar refractivity (Wildman–Crippen MR) is 73.6 cm³/mol. The molecule has 0 aliphatic carbocycles. The van der Waals surface area contributed by atoms with E-state index in [1.165, 1.54) is 12.1 Å². The molecule has 9 nitrogen and oxygen atoms in total. The third-order valence-electron chi connectivity index (χ3n) is 3.03. The third kappa shape index (κ3) is 3.17. The fraction of sp³-hybridized carbons (Fsp3) is 0.250. The molecule has 1 aromatic carbocycles. The zero-order valence-electron chi connectivity index (χ0n) is 11.4. The van der Waals surface area contributed by atoms with E-state index in [9.17, 15) is 22.8 Å². The van der Waals surface area contributed by atoms with Crippen LogP contribution in [0.5, 0.6) is 0 Å². The molecule has 0 spiro atoms. The third-order valence-corrected chi connectivity index (χ3v) is 4.36. The lowest BCUT2D eigenvalue weighted by Crippen LogP contribution is -2.67. The van der Waals surface area contributed by atoms with Gasteiger partial charge in [0.2, 0.25) is 0 Å². The predicted octanol–water partition coefficient (Wildman–Crippen LogP) is -0.128. The monoisotopic (exact) mass is 327 g/mol. The van der Waals surface area contributed by atoms with Gasteiger partial charge in [-0.2, -0.15) is 0 Å².